The summed E-state index contributed by atoms with van der Waals surface area (Å²) in [5.74, 6) is 2.23. The van der Waals surface area contributed by atoms with Crippen molar-refractivity contribution in [3.63, 3.8) is 0 Å². The summed E-state index contributed by atoms with van der Waals surface area (Å²) in [5, 5.41) is 9.37. The maximum absolute atomic E-state index is 12.0. The van der Waals surface area contributed by atoms with E-state index in [1.54, 1.807) is 0 Å². The fourth-order valence-electron chi connectivity index (χ4n) is 2.52. The van der Waals surface area contributed by atoms with Gasteiger partial charge in [-0.15, -0.1) is 0 Å². The van der Waals surface area contributed by atoms with Crippen molar-refractivity contribution in [2.75, 3.05) is 23.4 Å². The summed E-state index contributed by atoms with van der Waals surface area (Å²) in [7, 11) is 0. The second kappa shape index (κ2) is 8.29. The molecule has 1 aromatic carbocycles. The Morgan fingerprint density at radius 1 is 1.48 bits per heavy atom. The molecule has 2 atom stereocenters. The highest BCUT2D eigenvalue weighted by Gasteiger charge is 2.16. The first kappa shape index (κ1) is 16.2. The molecule has 2 rings (SSSR count). The SMILES string of the molecule is CCNC(C)c1cccc(NC(=O)NC2CCCSC2)c1. The zero-order valence-electron chi connectivity index (χ0n) is 12.8. The van der Waals surface area contributed by atoms with Crippen molar-refractivity contribution in [2.45, 2.75) is 38.8 Å². The van der Waals surface area contributed by atoms with Gasteiger partial charge in [-0.25, -0.2) is 4.79 Å². The van der Waals surface area contributed by atoms with Crippen LogP contribution in [-0.2, 0) is 0 Å². The van der Waals surface area contributed by atoms with Gasteiger partial charge in [-0.3, -0.25) is 0 Å². The number of thioether (sulfide) groups is 1. The van der Waals surface area contributed by atoms with Crippen LogP contribution in [0.25, 0.3) is 0 Å². The van der Waals surface area contributed by atoms with E-state index in [-0.39, 0.29) is 12.1 Å². The van der Waals surface area contributed by atoms with Crippen molar-refractivity contribution >= 4 is 23.5 Å². The van der Waals surface area contributed by atoms with Gasteiger partial charge in [0.1, 0.15) is 0 Å². The molecule has 1 fully saturated rings. The van der Waals surface area contributed by atoms with Crippen LogP contribution in [0.1, 0.15) is 38.3 Å². The number of hydrogen-bond donors (Lipinski definition) is 3. The van der Waals surface area contributed by atoms with Crippen LogP contribution < -0.4 is 16.0 Å². The molecule has 2 amide bonds. The van der Waals surface area contributed by atoms with Crippen molar-refractivity contribution in [3.8, 4) is 0 Å². The molecule has 1 saturated heterocycles. The van der Waals surface area contributed by atoms with Gasteiger partial charge in [0.15, 0.2) is 0 Å². The third-order valence-corrected chi connectivity index (χ3v) is 4.87. The van der Waals surface area contributed by atoms with Gasteiger partial charge in [-0.1, -0.05) is 19.1 Å². The van der Waals surface area contributed by atoms with E-state index >= 15 is 0 Å². The standard InChI is InChI=1S/C16H25N3OS/c1-3-17-12(2)13-6-4-7-14(10-13)18-16(20)19-15-8-5-9-21-11-15/h4,6-7,10,12,15,17H,3,5,8-9,11H2,1-2H3,(H2,18,19,20). The third-order valence-electron chi connectivity index (χ3n) is 3.65. The van der Waals surface area contributed by atoms with E-state index in [1.165, 1.54) is 17.7 Å². The van der Waals surface area contributed by atoms with Gasteiger partial charge < -0.3 is 16.0 Å². The Morgan fingerprint density at radius 3 is 3.05 bits per heavy atom. The fraction of sp³-hybridized carbons (Fsp3) is 0.562. The van der Waals surface area contributed by atoms with E-state index in [0.29, 0.717) is 6.04 Å². The molecule has 4 nitrogen and oxygen atoms in total. The van der Waals surface area contributed by atoms with Crippen molar-refractivity contribution in [1.82, 2.24) is 10.6 Å². The van der Waals surface area contributed by atoms with E-state index in [4.69, 9.17) is 0 Å². The van der Waals surface area contributed by atoms with Crippen LogP contribution in [0.2, 0.25) is 0 Å². The highest BCUT2D eigenvalue weighted by Crippen LogP contribution is 2.19. The van der Waals surface area contributed by atoms with Crippen LogP contribution in [0.3, 0.4) is 0 Å². The summed E-state index contributed by atoms with van der Waals surface area (Å²) in [4.78, 5) is 12.0. The molecule has 116 valence electrons. The molecular formula is C16H25N3OS. The summed E-state index contributed by atoms with van der Waals surface area (Å²) >= 11 is 1.91. The van der Waals surface area contributed by atoms with Crippen LogP contribution in [0.4, 0.5) is 10.5 Å². The quantitative estimate of drug-likeness (QED) is 0.782. The van der Waals surface area contributed by atoms with Crippen LogP contribution in [0.15, 0.2) is 24.3 Å². The Bertz CT molecular complexity index is 461. The first-order valence-electron chi connectivity index (χ1n) is 7.67. The summed E-state index contributed by atoms with van der Waals surface area (Å²) in [6.45, 7) is 5.15. The van der Waals surface area contributed by atoms with Gasteiger partial charge in [0.2, 0.25) is 0 Å². The van der Waals surface area contributed by atoms with E-state index < -0.39 is 0 Å². The molecule has 1 aromatic rings. The fourth-order valence-corrected chi connectivity index (χ4v) is 3.59. The van der Waals surface area contributed by atoms with E-state index in [9.17, 15) is 4.79 Å². The van der Waals surface area contributed by atoms with Crippen LogP contribution in [-0.4, -0.2) is 30.1 Å². The summed E-state index contributed by atoms with van der Waals surface area (Å²) < 4.78 is 0. The van der Waals surface area contributed by atoms with Gasteiger partial charge in [0, 0.05) is 23.5 Å². The van der Waals surface area contributed by atoms with Gasteiger partial charge >= 0.3 is 6.03 Å². The molecule has 1 aliphatic heterocycles. The zero-order chi connectivity index (χ0) is 15.1. The molecule has 0 saturated carbocycles. The van der Waals surface area contributed by atoms with Crippen molar-refractivity contribution in [3.05, 3.63) is 29.8 Å². The highest BCUT2D eigenvalue weighted by molar-refractivity contribution is 7.99. The lowest BCUT2D eigenvalue weighted by atomic mass is 10.1. The summed E-state index contributed by atoms with van der Waals surface area (Å²) in [5.41, 5.74) is 2.03. The molecule has 2 unspecified atom stereocenters. The third kappa shape index (κ3) is 5.25. The average Bonchev–Trinajstić information content (AvgIpc) is 2.48. The summed E-state index contributed by atoms with van der Waals surface area (Å²) in [6.07, 6.45) is 2.27. The molecule has 0 radical (unpaired) electrons. The molecule has 5 heteroatoms. The predicted octanol–water partition coefficient (Wildman–Crippen LogP) is 3.37. The topological polar surface area (TPSA) is 53.2 Å². The number of carbonyl (C=O) groups is 1. The number of anilines is 1. The van der Waals surface area contributed by atoms with Crippen molar-refractivity contribution in [1.29, 1.82) is 0 Å². The minimum absolute atomic E-state index is 0.101. The lowest BCUT2D eigenvalue weighted by molar-refractivity contribution is 0.248. The van der Waals surface area contributed by atoms with Gasteiger partial charge in [-0.2, -0.15) is 11.8 Å². The Balaban J connectivity index is 1.89. The lowest BCUT2D eigenvalue weighted by Crippen LogP contribution is -2.40. The minimum Gasteiger partial charge on any atom is -0.334 e. The van der Waals surface area contributed by atoms with Crippen LogP contribution >= 0.6 is 11.8 Å². The monoisotopic (exact) mass is 307 g/mol. The number of hydrogen-bond acceptors (Lipinski definition) is 3. The van der Waals surface area contributed by atoms with Gasteiger partial charge in [-0.05, 0) is 49.8 Å². The molecular weight excluding hydrogens is 282 g/mol. The second-order valence-electron chi connectivity index (χ2n) is 5.42. The number of nitrogens with one attached hydrogen (secondary N) is 3. The molecule has 0 aromatic heterocycles. The van der Waals surface area contributed by atoms with E-state index in [1.807, 2.05) is 30.0 Å². The molecule has 0 bridgehead atoms. The molecule has 21 heavy (non-hydrogen) atoms. The Labute approximate surface area is 131 Å². The van der Waals surface area contributed by atoms with Crippen molar-refractivity contribution < 1.29 is 4.79 Å². The first-order chi connectivity index (χ1) is 10.2. The number of rotatable bonds is 5. The molecule has 1 heterocycles. The van der Waals surface area contributed by atoms with Gasteiger partial charge in [0.05, 0.1) is 0 Å². The smallest absolute Gasteiger partial charge is 0.319 e. The maximum Gasteiger partial charge on any atom is 0.319 e. The minimum atomic E-state index is -0.101. The van der Waals surface area contributed by atoms with E-state index in [2.05, 4.69) is 35.9 Å². The number of benzene rings is 1. The molecule has 1 aliphatic rings. The van der Waals surface area contributed by atoms with E-state index in [0.717, 1.165) is 24.4 Å². The Morgan fingerprint density at radius 2 is 2.33 bits per heavy atom. The Hall–Kier alpha value is -1.20. The lowest BCUT2D eigenvalue weighted by Gasteiger charge is -2.22. The largest absolute Gasteiger partial charge is 0.334 e. The Kier molecular flexibility index (Phi) is 6.39. The number of urea groups is 1. The predicted molar refractivity (Wildman–Crippen MR) is 91.0 cm³/mol. The molecule has 3 N–H and O–H groups in total. The van der Waals surface area contributed by atoms with Gasteiger partial charge in [0.25, 0.3) is 0 Å². The average molecular weight is 307 g/mol. The first-order valence-corrected chi connectivity index (χ1v) is 8.83. The van der Waals surface area contributed by atoms with Crippen LogP contribution in [0, 0.1) is 0 Å². The maximum atomic E-state index is 12.0. The molecule has 0 spiro atoms. The van der Waals surface area contributed by atoms with Crippen LogP contribution in [0.5, 0.6) is 0 Å². The van der Waals surface area contributed by atoms with Crippen molar-refractivity contribution in [2.24, 2.45) is 0 Å². The molecule has 0 aliphatic carbocycles. The number of amides is 2. The zero-order valence-corrected chi connectivity index (χ0v) is 13.6. The number of carbonyl (C=O) groups excluding carboxylic acids is 1. The highest BCUT2D eigenvalue weighted by atomic mass is 32.2. The normalized spacial score (nSPS) is 19.8. The second-order valence-corrected chi connectivity index (χ2v) is 6.57. The summed E-state index contributed by atoms with van der Waals surface area (Å²) in [6, 6.07) is 8.50.